The molecule has 0 saturated carbocycles. The summed E-state index contributed by atoms with van der Waals surface area (Å²) < 4.78 is 5.28. The summed E-state index contributed by atoms with van der Waals surface area (Å²) in [7, 11) is 1.72. The van der Waals surface area contributed by atoms with Gasteiger partial charge in [-0.05, 0) is 42.7 Å². The summed E-state index contributed by atoms with van der Waals surface area (Å²) >= 11 is 0. The van der Waals surface area contributed by atoms with Crippen LogP contribution in [0, 0.1) is 0 Å². The van der Waals surface area contributed by atoms with E-state index in [1.54, 1.807) is 7.11 Å². The van der Waals surface area contributed by atoms with Gasteiger partial charge in [0, 0.05) is 13.1 Å². The second-order valence-electron chi connectivity index (χ2n) is 4.53. The second-order valence-corrected chi connectivity index (χ2v) is 4.53. The molecule has 1 aliphatic rings. The van der Waals surface area contributed by atoms with Crippen LogP contribution in [-0.4, -0.2) is 31.6 Å². The van der Waals surface area contributed by atoms with Gasteiger partial charge in [0.1, 0.15) is 5.75 Å². The molecule has 0 aliphatic carbocycles. The van der Waals surface area contributed by atoms with Crippen molar-refractivity contribution >= 4 is 5.57 Å². The van der Waals surface area contributed by atoms with Crippen molar-refractivity contribution in [2.24, 2.45) is 0 Å². The summed E-state index contributed by atoms with van der Waals surface area (Å²) in [5, 5.41) is 0. The monoisotopic (exact) mass is 231 g/mol. The fourth-order valence-electron chi connectivity index (χ4n) is 2.34. The Morgan fingerprint density at radius 1 is 1.35 bits per heavy atom. The van der Waals surface area contributed by atoms with E-state index in [0.717, 1.165) is 18.7 Å². The first-order chi connectivity index (χ1) is 8.33. The maximum absolute atomic E-state index is 5.28. The Kier molecular flexibility index (Phi) is 4.21. The van der Waals surface area contributed by atoms with Gasteiger partial charge < -0.3 is 4.74 Å². The fraction of sp³-hybridized carbons (Fsp3) is 0.467. The second kappa shape index (κ2) is 5.87. The standard InChI is InChI=1S/C15H21NO/c1-3-9-16-10-5-7-14(12-16)13-6-4-8-15(11-13)17-2/h4,6-8,11H,3,5,9-10,12H2,1-2H3. The molecule has 0 N–H and O–H groups in total. The van der Waals surface area contributed by atoms with Crippen LogP contribution in [-0.2, 0) is 0 Å². The van der Waals surface area contributed by atoms with Crippen molar-refractivity contribution in [2.75, 3.05) is 26.7 Å². The van der Waals surface area contributed by atoms with Crippen molar-refractivity contribution in [2.45, 2.75) is 19.8 Å². The van der Waals surface area contributed by atoms with Crippen LogP contribution in [0.25, 0.3) is 5.57 Å². The molecule has 0 saturated heterocycles. The first kappa shape index (κ1) is 12.2. The molecule has 0 bridgehead atoms. The Morgan fingerprint density at radius 2 is 2.24 bits per heavy atom. The van der Waals surface area contributed by atoms with Crippen molar-refractivity contribution in [3.8, 4) is 5.75 Å². The van der Waals surface area contributed by atoms with Gasteiger partial charge in [0.05, 0.1) is 7.11 Å². The maximum Gasteiger partial charge on any atom is 0.119 e. The zero-order chi connectivity index (χ0) is 12.1. The predicted molar refractivity (Wildman–Crippen MR) is 72.3 cm³/mol. The first-order valence-corrected chi connectivity index (χ1v) is 6.39. The van der Waals surface area contributed by atoms with E-state index < -0.39 is 0 Å². The topological polar surface area (TPSA) is 12.5 Å². The summed E-state index contributed by atoms with van der Waals surface area (Å²) in [6.45, 7) is 5.70. The largest absolute Gasteiger partial charge is 0.497 e. The molecule has 0 unspecified atom stereocenters. The van der Waals surface area contributed by atoms with Crippen LogP contribution in [0.4, 0.5) is 0 Å². The van der Waals surface area contributed by atoms with E-state index in [4.69, 9.17) is 4.74 Å². The van der Waals surface area contributed by atoms with Crippen molar-refractivity contribution in [3.63, 3.8) is 0 Å². The van der Waals surface area contributed by atoms with Gasteiger partial charge in [0.15, 0.2) is 0 Å². The molecule has 92 valence electrons. The van der Waals surface area contributed by atoms with Crippen molar-refractivity contribution in [3.05, 3.63) is 35.9 Å². The van der Waals surface area contributed by atoms with E-state index in [1.165, 1.54) is 30.6 Å². The van der Waals surface area contributed by atoms with Gasteiger partial charge in [-0.1, -0.05) is 25.1 Å². The number of hydrogen-bond donors (Lipinski definition) is 0. The molecule has 0 radical (unpaired) electrons. The molecule has 2 heteroatoms. The molecule has 17 heavy (non-hydrogen) atoms. The van der Waals surface area contributed by atoms with E-state index in [1.807, 2.05) is 6.07 Å². The molecule has 0 spiro atoms. The molecule has 1 aliphatic heterocycles. The summed E-state index contributed by atoms with van der Waals surface area (Å²) in [5.74, 6) is 0.941. The lowest BCUT2D eigenvalue weighted by Crippen LogP contribution is -2.30. The van der Waals surface area contributed by atoms with E-state index in [0.29, 0.717) is 0 Å². The normalized spacial score (nSPS) is 16.7. The minimum absolute atomic E-state index is 0.941. The number of nitrogens with zero attached hydrogens (tertiary/aromatic N) is 1. The van der Waals surface area contributed by atoms with Crippen LogP contribution in [0.1, 0.15) is 25.3 Å². The SMILES string of the molecule is CCCN1CCC=C(c2cccc(OC)c2)C1. The number of methoxy groups -OCH3 is 1. The minimum atomic E-state index is 0.941. The van der Waals surface area contributed by atoms with Crippen molar-refractivity contribution in [1.82, 2.24) is 4.90 Å². The van der Waals surface area contributed by atoms with Gasteiger partial charge in [-0.2, -0.15) is 0 Å². The van der Waals surface area contributed by atoms with Crippen LogP contribution < -0.4 is 4.74 Å². The Hall–Kier alpha value is -1.28. The third-order valence-electron chi connectivity index (χ3n) is 3.21. The number of benzene rings is 1. The van der Waals surface area contributed by atoms with Crippen molar-refractivity contribution < 1.29 is 4.74 Å². The van der Waals surface area contributed by atoms with Gasteiger partial charge in [0.25, 0.3) is 0 Å². The Labute approximate surface area is 104 Å². The van der Waals surface area contributed by atoms with Crippen LogP contribution in [0.5, 0.6) is 5.75 Å². The highest BCUT2D eigenvalue weighted by atomic mass is 16.5. The molecule has 0 atom stereocenters. The average molecular weight is 231 g/mol. The van der Waals surface area contributed by atoms with Gasteiger partial charge in [-0.3, -0.25) is 4.90 Å². The lowest BCUT2D eigenvalue weighted by atomic mass is 10.0. The molecule has 1 heterocycles. The van der Waals surface area contributed by atoms with E-state index >= 15 is 0 Å². The quantitative estimate of drug-likeness (QED) is 0.789. The first-order valence-electron chi connectivity index (χ1n) is 6.39. The van der Waals surface area contributed by atoms with Crippen LogP contribution in [0.3, 0.4) is 0 Å². The zero-order valence-electron chi connectivity index (χ0n) is 10.8. The average Bonchev–Trinajstić information content (AvgIpc) is 2.40. The molecule has 1 aromatic rings. The van der Waals surface area contributed by atoms with E-state index in [2.05, 4.69) is 36.1 Å². The third kappa shape index (κ3) is 3.10. The summed E-state index contributed by atoms with van der Waals surface area (Å²) in [5.41, 5.74) is 2.73. The predicted octanol–water partition coefficient (Wildman–Crippen LogP) is 3.19. The highest BCUT2D eigenvalue weighted by Gasteiger charge is 2.13. The Bertz CT molecular complexity index is 398. The zero-order valence-corrected chi connectivity index (χ0v) is 10.8. The van der Waals surface area contributed by atoms with Crippen LogP contribution >= 0.6 is 0 Å². The Balaban J connectivity index is 2.13. The van der Waals surface area contributed by atoms with Crippen molar-refractivity contribution in [1.29, 1.82) is 0 Å². The molecule has 2 rings (SSSR count). The van der Waals surface area contributed by atoms with Gasteiger partial charge in [-0.15, -0.1) is 0 Å². The smallest absolute Gasteiger partial charge is 0.119 e. The summed E-state index contributed by atoms with van der Waals surface area (Å²) in [6.07, 6.45) is 4.75. The molecule has 1 aromatic carbocycles. The molecular weight excluding hydrogens is 210 g/mol. The van der Waals surface area contributed by atoms with Gasteiger partial charge in [-0.25, -0.2) is 0 Å². The third-order valence-corrected chi connectivity index (χ3v) is 3.21. The highest BCUT2D eigenvalue weighted by molar-refractivity contribution is 5.68. The van der Waals surface area contributed by atoms with Crippen LogP contribution in [0.2, 0.25) is 0 Å². The number of hydrogen-bond acceptors (Lipinski definition) is 2. The van der Waals surface area contributed by atoms with Gasteiger partial charge >= 0.3 is 0 Å². The van der Waals surface area contributed by atoms with Crippen LogP contribution in [0.15, 0.2) is 30.3 Å². The summed E-state index contributed by atoms with van der Waals surface area (Å²) in [6, 6.07) is 8.36. The lowest BCUT2D eigenvalue weighted by molar-refractivity contribution is 0.305. The molecule has 0 aromatic heterocycles. The lowest BCUT2D eigenvalue weighted by Gasteiger charge is -2.27. The highest BCUT2D eigenvalue weighted by Crippen LogP contribution is 2.24. The van der Waals surface area contributed by atoms with E-state index in [9.17, 15) is 0 Å². The van der Waals surface area contributed by atoms with E-state index in [-0.39, 0.29) is 0 Å². The molecule has 0 amide bonds. The molecule has 0 fully saturated rings. The minimum Gasteiger partial charge on any atom is -0.497 e. The maximum atomic E-state index is 5.28. The molecule has 2 nitrogen and oxygen atoms in total. The molecular formula is C15H21NO. The number of ether oxygens (including phenoxy) is 1. The summed E-state index contributed by atoms with van der Waals surface area (Å²) in [4.78, 5) is 2.52. The fourth-order valence-corrected chi connectivity index (χ4v) is 2.34. The Morgan fingerprint density at radius 3 is 3.00 bits per heavy atom. The number of rotatable bonds is 4. The van der Waals surface area contributed by atoms with Gasteiger partial charge in [0.2, 0.25) is 0 Å².